The van der Waals surface area contributed by atoms with E-state index in [0.29, 0.717) is 12.3 Å². The van der Waals surface area contributed by atoms with Crippen LogP contribution in [0.1, 0.15) is 51.4 Å². The maximum Gasteiger partial charge on any atom is 0.307 e. The molecule has 1 aliphatic rings. The second-order valence-corrected chi connectivity index (χ2v) is 6.59. The largest absolute Gasteiger partial charge is 0.481 e. The van der Waals surface area contributed by atoms with Gasteiger partial charge in [-0.1, -0.05) is 32.1 Å². The Morgan fingerprint density at radius 3 is 2.72 bits per heavy atom. The van der Waals surface area contributed by atoms with Gasteiger partial charge in [0.05, 0.1) is 4.92 Å². The molecule has 1 saturated carbocycles. The Bertz CT molecular complexity index is 609. The van der Waals surface area contributed by atoms with Crippen LogP contribution in [0.15, 0.2) is 12.4 Å². The third-order valence-electron chi connectivity index (χ3n) is 4.55. The Hall–Kier alpha value is -2.45. The zero-order valence-electron chi connectivity index (χ0n) is 14.1. The number of aliphatic carboxylic acids is 1. The smallest absolute Gasteiger partial charge is 0.307 e. The lowest BCUT2D eigenvalue weighted by Crippen LogP contribution is -2.39. The van der Waals surface area contributed by atoms with Gasteiger partial charge < -0.3 is 10.4 Å². The molecule has 1 fully saturated rings. The summed E-state index contributed by atoms with van der Waals surface area (Å²) in [6, 6.07) is -0.197. The van der Waals surface area contributed by atoms with Crippen molar-refractivity contribution in [3.8, 4) is 0 Å². The first kappa shape index (κ1) is 18.9. The molecule has 1 aromatic heterocycles. The number of aromatic nitrogens is 2. The van der Waals surface area contributed by atoms with Gasteiger partial charge in [-0.3, -0.25) is 24.4 Å². The Labute approximate surface area is 145 Å². The van der Waals surface area contributed by atoms with Gasteiger partial charge in [0.2, 0.25) is 5.91 Å². The molecular weight excluding hydrogens is 328 g/mol. The van der Waals surface area contributed by atoms with Gasteiger partial charge >= 0.3 is 11.7 Å². The van der Waals surface area contributed by atoms with Crippen molar-refractivity contribution in [2.24, 2.45) is 5.92 Å². The zero-order chi connectivity index (χ0) is 18.2. The quantitative estimate of drug-likeness (QED) is 0.517. The van der Waals surface area contributed by atoms with Gasteiger partial charge in [-0.2, -0.15) is 5.10 Å². The van der Waals surface area contributed by atoms with Crippen LogP contribution >= 0.6 is 0 Å². The van der Waals surface area contributed by atoms with Crippen LogP contribution in [0.4, 0.5) is 5.69 Å². The minimum absolute atomic E-state index is 0.00487. The van der Waals surface area contributed by atoms with Gasteiger partial charge in [0, 0.05) is 12.5 Å². The van der Waals surface area contributed by atoms with Crippen molar-refractivity contribution in [3.63, 3.8) is 0 Å². The van der Waals surface area contributed by atoms with Crippen molar-refractivity contribution >= 4 is 17.6 Å². The molecule has 1 heterocycles. The normalized spacial score (nSPS) is 16.3. The molecular formula is C16H24N4O5. The lowest BCUT2D eigenvalue weighted by Gasteiger charge is -2.27. The van der Waals surface area contributed by atoms with Crippen LogP contribution in [0.25, 0.3) is 0 Å². The number of nitro groups is 1. The topological polar surface area (TPSA) is 127 Å². The standard InChI is InChI=1S/C16H24N4O5/c21-15(11-19-10-14(9-17-19)20(24)25)18-13(6-7-16(22)23)8-12-4-2-1-3-5-12/h9-10,12-13H,1-8,11H2,(H,18,21)(H,22,23). The number of carbonyl (C=O) groups excluding carboxylic acids is 1. The third kappa shape index (κ3) is 6.52. The molecule has 2 N–H and O–H groups in total. The van der Waals surface area contributed by atoms with E-state index >= 15 is 0 Å². The van der Waals surface area contributed by atoms with Crippen LogP contribution in [0.5, 0.6) is 0 Å². The van der Waals surface area contributed by atoms with Crippen molar-refractivity contribution in [1.29, 1.82) is 0 Å². The molecule has 9 heteroatoms. The van der Waals surface area contributed by atoms with Crippen molar-refractivity contribution < 1.29 is 19.6 Å². The molecule has 9 nitrogen and oxygen atoms in total. The molecule has 1 aliphatic carbocycles. The van der Waals surface area contributed by atoms with Gasteiger partial charge in [0.15, 0.2) is 0 Å². The Kier molecular flexibility index (Phi) is 6.91. The number of hydrogen-bond donors (Lipinski definition) is 2. The second-order valence-electron chi connectivity index (χ2n) is 6.59. The minimum atomic E-state index is -0.884. The summed E-state index contributed by atoms with van der Waals surface area (Å²) >= 11 is 0. The van der Waals surface area contributed by atoms with E-state index in [4.69, 9.17) is 5.11 Å². The zero-order valence-corrected chi connectivity index (χ0v) is 14.1. The number of carbonyl (C=O) groups is 2. The third-order valence-corrected chi connectivity index (χ3v) is 4.55. The number of hydrogen-bond acceptors (Lipinski definition) is 5. The highest BCUT2D eigenvalue weighted by atomic mass is 16.6. The predicted molar refractivity (Wildman–Crippen MR) is 88.9 cm³/mol. The molecule has 0 spiro atoms. The fourth-order valence-corrected chi connectivity index (χ4v) is 3.33. The highest BCUT2D eigenvalue weighted by Gasteiger charge is 2.21. The lowest BCUT2D eigenvalue weighted by atomic mass is 9.84. The van der Waals surface area contributed by atoms with E-state index in [1.165, 1.54) is 30.1 Å². The van der Waals surface area contributed by atoms with Gasteiger partial charge in [0.1, 0.15) is 18.9 Å². The first-order valence-electron chi connectivity index (χ1n) is 8.62. The molecule has 0 aromatic carbocycles. The lowest BCUT2D eigenvalue weighted by molar-refractivity contribution is -0.385. The van der Waals surface area contributed by atoms with Gasteiger partial charge in [-0.15, -0.1) is 0 Å². The fraction of sp³-hybridized carbons (Fsp3) is 0.688. The minimum Gasteiger partial charge on any atom is -0.481 e. The first-order chi connectivity index (χ1) is 11.9. The maximum absolute atomic E-state index is 12.2. The van der Waals surface area contributed by atoms with E-state index in [1.54, 1.807) is 0 Å². The van der Waals surface area contributed by atoms with E-state index in [9.17, 15) is 19.7 Å². The van der Waals surface area contributed by atoms with Gasteiger partial charge in [0.25, 0.3) is 0 Å². The number of carboxylic acids is 1. The van der Waals surface area contributed by atoms with Crippen LogP contribution in [0, 0.1) is 16.0 Å². The first-order valence-corrected chi connectivity index (χ1v) is 8.62. The molecule has 138 valence electrons. The van der Waals surface area contributed by atoms with E-state index < -0.39 is 10.9 Å². The molecule has 1 amide bonds. The van der Waals surface area contributed by atoms with E-state index in [1.807, 2.05) is 0 Å². The van der Waals surface area contributed by atoms with Crippen LogP contribution in [-0.4, -0.2) is 37.7 Å². The van der Waals surface area contributed by atoms with Crippen LogP contribution in [0.3, 0.4) is 0 Å². The van der Waals surface area contributed by atoms with E-state index in [0.717, 1.165) is 25.5 Å². The number of nitrogens with one attached hydrogen (secondary N) is 1. The van der Waals surface area contributed by atoms with Crippen molar-refractivity contribution in [1.82, 2.24) is 15.1 Å². The Morgan fingerprint density at radius 2 is 2.12 bits per heavy atom. The van der Waals surface area contributed by atoms with Crippen LogP contribution in [-0.2, 0) is 16.1 Å². The van der Waals surface area contributed by atoms with Crippen molar-refractivity contribution in [3.05, 3.63) is 22.5 Å². The molecule has 1 unspecified atom stereocenters. The van der Waals surface area contributed by atoms with Gasteiger partial charge in [-0.25, -0.2) is 0 Å². The summed E-state index contributed by atoms with van der Waals surface area (Å²) in [4.78, 5) is 33.1. The Balaban J connectivity index is 1.89. The molecule has 0 saturated heterocycles. The predicted octanol–water partition coefficient (Wildman–Crippen LogP) is 2.11. The summed E-state index contributed by atoms with van der Waals surface area (Å²) in [6.45, 7) is -0.123. The molecule has 0 aliphatic heterocycles. The number of amides is 1. The molecule has 0 bridgehead atoms. The van der Waals surface area contributed by atoms with E-state index in [-0.39, 0.29) is 30.6 Å². The Morgan fingerprint density at radius 1 is 1.40 bits per heavy atom. The van der Waals surface area contributed by atoms with Crippen molar-refractivity contribution in [2.45, 2.75) is 64.0 Å². The van der Waals surface area contributed by atoms with Crippen LogP contribution in [0.2, 0.25) is 0 Å². The summed E-state index contributed by atoms with van der Waals surface area (Å²) < 4.78 is 1.21. The molecule has 2 rings (SSSR count). The molecule has 1 atom stereocenters. The molecule has 0 radical (unpaired) electrons. The molecule has 1 aromatic rings. The maximum atomic E-state index is 12.2. The van der Waals surface area contributed by atoms with E-state index in [2.05, 4.69) is 10.4 Å². The highest BCUT2D eigenvalue weighted by molar-refractivity contribution is 5.76. The summed E-state index contributed by atoms with van der Waals surface area (Å²) in [5, 5.41) is 26.2. The number of rotatable bonds is 9. The summed E-state index contributed by atoms with van der Waals surface area (Å²) in [7, 11) is 0. The summed E-state index contributed by atoms with van der Waals surface area (Å²) in [6.07, 6.45) is 9.29. The van der Waals surface area contributed by atoms with Crippen molar-refractivity contribution in [2.75, 3.05) is 0 Å². The number of nitrogens with zero attached hydrogens (tertiary/aromatic N) is 3. The molecule has 25 heavy (non-hydrogen) atoms. The fourth-order valence-electron chi connectivity index (χ4n) is 3.33. The summed E-state index contributed by atoms with van der Waals surface area (Å²) in [5.41, 5.74) is -0.169. The summed E-state index contributed by atoms with van der Waals surface area (Å²) in [5.74, 6) is -0.687. The number of carboxylic acid groups (broad SMARTS) is 1. The monoisotopic (exact) mass is 352 g/mol. The average Bonchev–Trinajstić information content (AvgIpc) is 3.02. The highest BCUT2D eigenvalue weighted by Crippen LogP contribution is 2.28. The average molecular weight is 352 g/mol. The van der Waals surface area contributed by atoms with Gasteiger partial charge in [-0.05, 0) is 18.8 Å². The SMILES string of the molecule is O=C(O)CCC(CC1CCCCC1)NC(=O)Cn1cc([N+](=O)[O-])cn1. The van der Waals surface area contributed by atoms with Crippen LogP contribution < -0.4 is 5.32 Å². The second kappa shape index (κ2) is 9.14.